The third-order valence-corrected chi connectivity index (χ3v) is 2.19. The number of aromatic amines is 1. The van der Waals surface area contributed by atoms with Gasteiger partial charge in [0.25, 0.3) is 0 Å². The van der Waals surface area contributed by atoms with Gasteiger partial charge in [-0.3, -0.25) is 4.98 Å². The van der Waals surface area contributed by atoms with Gasteiger partial charge in [-0.15, -0.1) is 0 Å². The number of hydrogen-bond acceptors (Lipinski definition) is 2. The van der Waals surface area contributed by atoms with Gasteiger partial charge in [-0.1, -0.05) is 13.8 Å². The number of nitrogens with zero attached hydrogens (tertiary/aromatic N) is 2. The molecule has 0 atom stereocenters. The fraction of sp³-hybridized carbons (Fsp3) is 0.333. The molecular weight excluding hydrogens is 186 g/mol. The van der Waals surface area contributed by atoms with Crippen LogP contribution in [0.3, 0.4) is 0 Å². The highest BCUT2D eigenvalue weighted by atomic mass is 14.9. The Morgan fingerprint density at radius 2 is 2.20 bits per heavy atom. The molecule has 0 spiro atoms. The standard InChI is InChI=1S/C12H15N3/c1-9(2)6-11-8-14-12(15-11)10-4-3-5-13-7-10/h3-5,7-9H,6H2,1-2H3,(H,14,15). The lowest BCUT2D eigenvalue weighted by atomic mass is 10.1. The van der Waals surface area contributed by atoms with Crippen LogP contribution >= 0.6 is 0 Å². The molecule has 3 nitrogen and oxygen atoms in total. The van der Waals surface area contributed by atoms with Crippen LogP contribution in [0.4, 0.5) is 0 Å². The second-order valence-corrected chi connectivity index (χ2v) is 4.10. The third kappa shape index (κ3) is 2.43. The molecule has 2 aromatic heterocycles. The molecule has 0 aromatic carbocycles. The molecule has 0 aliphatic rings. The van der Waals surface area contributed by atoms with E-state index < -0.39 is 0 Å². The summed E-state index contributed by atoms with van der Waals surface area (Å²) in [4.78, 5) is 11.7. The molecule has 0 aliphatic carbocycles. The first-order chi connectivity index (χ1) is 7.25. The fourth-order valence-corrected chi connectivity index (χ4v) is 1.55. The minimum Gasteiger partial charge on any atom is -0.342 e. The van der Waals surface area contributed by atoms with E-state index >= 15 is 0 Å². The van der Waals surface area contributed by atoms with Crippen LogP contribution in [0.15, 0.2) is 30.7 Å². The van der Waals surface area contributed by atoms with Gasteiger partial charge in [-0.2, -0.15) is 0 Å². The molecule has 3 heteroatoms. The van der Waals surface area contributed by atoms with Crippen molar-refractivity contribution >= 4 is 0 Å². The Kier molecular flexibility index (Phi) is 2.81. The summed E-state index contributed by atoms with van der Waals surface area (Å²) in [5.41, 5.74) is 2.22. The third-order valence-electron chi connectivity index (χ3n) is 2.19. The van der Waals surface area contributed by atoms with Gasteiger partial charge in [-0.25, -0.2) is 4.98 Å². The Bertz CT molecular complexity index is 417. The van der Waals surface area contributed by atoms with Crippen molar-refractivity contribution in [1.82, 2.24) is 15.0 Å². The van der Waals surface area contributed by atoms with Gasteiger partial charge < -0.3 is 4.98 Å². The van der Waals surface area contributed by atoms with E-state index in [1.165, 1.54) is 5.69 Å². The lowest BCUT2D eigenvalue weighted by Gasteiger charge is -2.00. The lowest BCUT2D eigenvalue weighted by Crippen LogP contribution is -1.93. The van der Waals surface area contributed by atoms with Crippen molar-refractivity contribution in [2.24, 2.45) is 5.92 Å². The van der Waals surface area contributed by atoms with Crippen molar-refractivity contribution in [1.29, 1.82) is 0 Å². The van der Waals surface area contributed by atoms with Crippen LogP contribution in [0, 0.1) is 5.92 Å². The number of nitrogens with one attached hydrogen (secondary N) is 1. The Hall–Kier alpha value is -1.64. The van der Waals surface area contributed by atoms with Gasteiger partial charge in [0, 0.05) is 29.8 Å². The summed E-state index contributed by atoms with van der Waals surface area (Å²) in [5, 5.41) is 0. The molecule has 78 valence electrons. The van der Waals surface area contributed by atoms with Gasteiger partial charge in [0.15, 0.2) is 0 Å². The summed E-state index contributed by atoms with van der Waals surface area (Å²) < 4.78 is 0. The van der Waals surface area contributed by atoms with Crippen molar-refractivity contribution in [3.63, 3.8) is 0 Å². The number of imidazole rings is 1. The van der Waals surface area contributed by atoms with E-state index in [1.807, 2.05) is 24.5 Å². The van der Waals surface area contributed by atoms with Crippen LogP contribution in [-0.2, 0) is 6.42 Å². The monoisotopic (exact) mass is 201 g/mol. The zero-order chi connectivity index (χ0) is 10.7. The normalized spacial score (nSPS) is 10.9. The molecule has 0 aliphatic heterocycles. The minimum absolute atomic E-state index is 0.646. The smallest absolute Gasteiger partial charge is 0.139 e. The second-order valence-electron chi connectivity index (χ2n) is 4.10. The first-order valence-electron chi connectivity index (χ1n) is 5.20. The van der Waals surface area contributed by atoms with Crippen LogP contribution in [0.5, 0.6) is 0 Å². The summed E-state index contributed by atoms with van der Waals surface area (Å²) in [7, 11) is 0. The average Bonchev–Trinajstić information content (AvgIpc) is 2.67. The molecule has 0 fully saturated rings. The summed E-state index contributed by atoms with van der Waals surface area (Å²) in [6, 6.07) is 3.92. The summed E-state index contributed by atoms with van der Waals surface area (Å²) >= 11 is 0. The maximum Gasteiger partial charge on any atom is 0.139 e. The van der Waals surface area contributed by atoms with Gasteiger partial charge in [0.05, 0.1) is 0 Å². The van der Waals surface area contributed by atoms with Gasteiger partial charge >= 0.3 is 0 Å². The van der Waals surface area contributed by atoms with E-state index in [9.17, 15) is 0 Å². The topological polar surface area (TPSA) is 41.6 Å². The van der Waals surface area contributed by atoms with Crippen LogP contribution in [0.25, 0.3) is 11.4 Å². The molecule has 15 heavy (non-hydrogen) atoms. The molecule has 0 bridgehead atoms. The van der Waals surface area contributed by atoms with Crippen LogP contribution < -0.4 is 0 Å². The number of H-pyrrole nitrogens is 1. The summed E-state index contributed by atoms with van der Waals surface area (Å²) in [5.74, 6) is 1.55. The minimum atomic E-state index is 0.646. The number of rotatable bonds is 3. The molecule has 0 unspecified atom stereocenters. The predicted molar refractivity (Wildman–Crippen MR) is 60.4 cm³/mol. The Morgan fingerprint density at radius 1 is 1.33 bits per heavy atom. The summed E-state index contributed by atoms with van der Waals surface area (Å²) in [6.07, 6.45) is 6.52. The van der Waals surface area contributed by atoms with E-state index in [0.29, 0.717) is 5.92 Å². The first kappa shape index (κ1) is 9.90. The van der Waals surface area contributed by atoms with Crippen molar-refractivity contribution in [2.45, 2.75) is 20.3 Å². The largest absolute Gasteiger partial charge is 0.342 e. The molecule has 0 saturated carbocycles. The van der Waals surface area contributed by atoms with Gasteiger partial charge in [0.1, 0.15) is 5.82 Å². The number of pyridine rings is 1. The number of aromatic nitrogens is 3. The zero-order valence-corrected chi connectivity index (χ0v) is 9.07. The van der Waals surface area contributed by atoms with Crippen molar-refractivity contribution < 1.29 is 0 Å². The maximum absolute atomic E-state index is 4.34. The molecule has 2 aromatic rings. The maximum atomic E-state index is 4.34. The number of hydrogen-bond donors (Lipinski definition) is 1. The fourth-order valence-electron chi connectivity index (χ4n) is 1.55. The van der Waals surface area contributed by atoms with Crippen LogP contribution in [0.1, 0.15) is 19.5 Å². The van der Waals surface area contributed by atoms with Gasteiger partial charge in [-0.05, 0) is 24.5 Å². The SMILES string of the molecule is CC(C)Cc1cnc(-c2cccnc2)[nH]1. The molecule has 2 heterocycles. The van der Waals surface area contributed by atoms with Crippen molar-refractivity contribution in [3.05, 3.63) is 36.4 Å². The van der Waals surface area contributed by atoms with E-state index in [1.54, 1.807) is 6.20 Å². The van der Waals surface area contributed by atoms with E-state index in [4.69, 9.17) is 0 Å². The second kappa shape index (κ2) is 4.26. The molecule has 2 rings (SSSR count). The molecule has 0 saturated heterocycles. The molecule has 0 amide bonds. The van der Waals surface area contributed by atoms with Crippen molar-refractivity contribution in [3.8, 4) is 11.4 Å². The van der Waals surface area contributed by atoms with Crippen molar-refractivity contribution in [2.75, 3.05) is 0 Å². The van der Waals surface area contributed by atoms with E-state index in [0.717, 1.165) is 17.8 Å². The molecule has 0 radical (unpaired) electrons. The molecule has 1 N–H and O–H groups in total. The van der Waals surface area contributed by atoms with E-state index in [2.05, 4.69) is 28.8 Å². The highest BCUT2D eigenvalue weighted by Gasteiger charge is 2.04. The summed E-state index contributed by atoms with van der Waals surface area (Å²) in [6.45, 7) is 4.40. The predicted octanol–water partition coefficient (Wildman–Crippen LogP) is 2.67. The van der Waals surface area contributed by atoms with E-state index in [-0.39, 0.29) is 0 Å². The Morgan fingerprint density at radius 3 is 2.87 bits per heavy atom. The first-order valence-corrected chi connectivity index (χ1v) is 5.20. The lowest BCUT2D eigenvalue weighted by molar-refractivity contribution is 0.638. The zero-order valence-electron chi connectivity index (χ0n) is 9.07. The van der Waals surface area contributed by atoms with Gasteiger partial charge in [0.2, 0.25) is 0 Å². The average molecular weight is 201 g/mol. The Labute approximate surface area is 89.6 Å². The van der Waals surface area contributed by atoms with Crippen LogP contribution in [-0.4, -0.2) is 15.0 Å². The van der Waals surface area contributed by atoms with Crippen LogP contribution in [0.2, 0.25) is 0 Å². The highest BCUT2D eigenvalue weighted by Crippen LogP contribution is 2.15. The Balaban J connectivity index is 2.21. The highest BCUT2D eigenvalue weighted by molar-refractivity contribution is 5.53. The molecular formula is C12H15N3. The quantitative estimate of drug-likeness (QED) is 0.829.